The maximum absolute atomic E-state index is 10.9. The van der Waals surface area contributed by atoms with Gasteiger partial charge in [0.1, 0.15) is 6.10 Å². The normalized spacial score (nSPS) is 12.2. The van der Waals surface area contributed by atoms with E-state index in [2.05, 4.69) is 4.98 Å². The summed E-state index contributed by atoms with van der Waals surface area (Å²) in [4.78, 5) is 9.04. The molecule has 4 aromatic rings. The van der Waals surface area contributed by atoms with Crippen LogP contribution in [0.2, 0.25) is 0 Å². The lowest BCUT2D eigenvalue weighted by Gasteiger charge is -2.15. The number of aliphatic hydroxyl groups is 1. The van der Waals surface area contributed by atoms with Gasteiger partial charge in [-0.05, 0) is 29.8 Å². The third kappa shape index (κ3) is 2.66. The van der Waals surface area contributed by atoms with Gasteiger partial charge in [0.25, 0.3) is 0 Å². The monoisotopic (exact) mass is 312 g/mol. The number of rotatable bonds is 3. The summed E-state index contributed by atoms with van der Waals surface area (Å²) in [6, 6.07) is 25.4. The van der Waals surface area contributed by atoms with Gasteiger partial charge in [0.15, 0.2) is 0 Å². The molecule has 0 aliphatic carbocycles. The van der Waals surface area contributed by atoms with Crippen molar-refractivity contribution in [3.05, 3.63) is 96.3 Å². The molecule has 2 heterocycles. The molecular formula is C21H16N2O. The Hall–Kier alpha value is -3.04. The fourth-order valence-corrected chi connectivity index (χ4v) is 2.88. The van der Waals surface area contributed by atoms with Crippen molar-refractivity contribution in [1.29, 1.82) is 0 Å². The number of para-hydroxylation sites is 1. The van der Waals surface area contributed by atoms with Gasteiger partial charge in [-0.15, -0.1) is 0 Å². The third-order valence-corrected chi connectivity index (χ3v) is 4.08. The molecule has 0 spiro atoms. The molecule has 1 unspecified atom stereocenters. The van der Waals surface area contributed by atoms with Crippen LogP contribution in [0, 0.1) is 0 Å². The predicted molar refractivity (Wildman–Crippen MR) is 95.5 cm³/mol. The lowest BCUT2D eigenvalue weighted by atomic mass is 9.98. The van der Waals surface area contributed by atoms with Crippen LogP contribution in [0.15, 0.2) is 85.1 Å². The quantitative estimate of drug-likeness (QED) is 0.610. The Morgan fingerprint density at radius 3 is 2.33 bits per heavy atom. The van der Waals surface area contributed by atoms with Crippen molar-refractivity contribution in [3.63, 3.8) is 0 Å². The first kappa shape index (κ1) is 14.5. The molecule has 0 radical (unpaired) electrons. The SMILES string of the molecule is OC(c1ccccn1)c1cc(-c2ccccc2)nc2ccccc12. The average molecular weight is 312 g/mol. The molecule has 0 bridgehead atoms. The molecule has 2 aromatic carbocycles. The number of aliphatic hydroxyl groups excluding tert-OH is 1. The van der Waals surface area contributed by atoms with Crippen molar-refractivity contribution in [2.45, 2.75) is 6.10 Å². The largest absolute Gasteiger partial charge is 0.382 e. The molecule has 3 nitrogen and oxygen atoms in total. The second-order valence-corrected chi connectivity index (χ2v) is 5.64. The van der Waals surface area contributed by atoms with Crippen LogP contribution in [0.1, 0.15) is 17.4 Å². The van der Waals surface area contributed by atoms with E-state index in [4.69, 9.17) is 4.98 Å². The Morgan fingerprint density at radius 1 is 0.792 bits per heavy atom. The zero-order valence-electron chi connectivity index (χ0n) is 13.0. The van der Waals surface area contributed by atoms with Gasteiger partial charge in [-0.2, -0.15) is 0 Å². The smallest absolute Gasteiger partial charge is 0.122 e. The highest BCUT2D eigenvalue weighted by Gasteiger charge is 2.17. The Morgan fingerprint density at radius 2 is 1.54 bits per heavy atom. The van der Waals surface area contributed by atoms with Crippen molar-refractivity contribution < 1.29 is 5.11 Å². The molecule has 0 aliphatic rings. The lowest BCUT2D eigenvalue weighted by molar-refractivity contribution is 0.217. The summed E-state index contributed by atoms with van der Waals surface area (Å²) in [7, 11) is 0. The number of hydrogen-bond donors (Lipinski definition) is 1. The molecular weight excluding hydrogens is 296 g/mol. The second-order valence-electron chi connectivity index (χ2n) is 5.64. The highest BCUT2D eigenvalue weighted by atomic mass is 16.3. The summed E-state index contributed by atoms with van der Waals surface area (Å²) >= 11 is 0. The van der Waals surface area contributed by atoms with E-state index in [0.29, 0.717) is 5.69 Å². The molecule has 1 N–H and O–H groups in total. The van der Waals surface area contributed by atoms with Gasteiger partial charge in [-0.3, -0.25) is 4.98 Å². The number of fused-ring (bicyclic) bond motifs is 1. The molecule has 24 heavy (non-hydrogen) atoms. The first-order chi connectivity index (χ1) is 11.8. The number of benzene rings is 2. The minimum Gasteiger partial charge on any atom is -0.382 e. The van der Waals surface area contributed by atoms with Crippen molar-refractivity contribution >= 4 is 10.9 Å². The first-order valence-electron chi connectivity index (χ1n) is 7.87. The van der Waals surface area contributed by atoms with Crippen LogP contribution < -0.4 is 0 Å². The van der Waals surface area contributed by atoms with Gasteiger partial charge >= 0.3 is 0 Å². The van der Waals surface area contributed by atoms with Crippen LogP contribution in [0.25, 0.3) is 22.2 Å². The van der Waals surface area contributed by atoms with Crippen molar-refractivity contribution in [2.75, 3.05) is 0 Å². The van der Waals surface area contributed by atoms with Gasteiger partial charge in [0.2, 0.25) is 0 Å². The van der Waals surface area contributed by atoms with Crippen LogP contribution in [0.4, 0.5) is 0 Å². The highest BCUT2D eigenvalue weighted by molar-refractivity contribution is 5.85. The highest BCUT2D eigenvalue weighted by Crippen LogP contribution is 2.31. The van der Waals surface area contributed by atoms with E-state index >= 15 is 0 Å². The number of aromatic nitrogens is 2. The van der Waals surface area contributed by atoms with E-state index in [1.165, 1.54) is 0 Å². The summed E-state index contributed by atoms with van der Waals surface area (Å²) in [5.74, 6) is 0. The Labute approximate surface area is 140 Å². The standard InChI is InChI=1S/C21H16N2O/c24-21(19-12-6-7-13-22-19)17-14-20(15-8-2-1-3-9-15)23-18-11-5-4-10-16(17)18/h1-14,21,24H. The van der Waals surface area contributed by atoms with Gasteiger partial charge in [0.05, 0.1) is 16.9 Å². The lowest BCUT2D eigenvalue weighted by Crippen LogP contribution is -2.04. The summed E-state index contributed by atoms with van der Waals surface area (Å²) in [5, 5.41) is 11.8. The molecule has 2 aromatic heterocycles. The molecule has 0 aliphatic heterocycles. The van der Waals surface area contributed by atoms with Crippen LogP contribution in [-0.2, 0) is 0 Å². The minimum absolute atomic E-state index is 0.632. The zero-order valence-corrected chi connectivity index (χ0v) is 13.0. The van der Waals surface area contributed by atoms with Crippen LogP contribution >= 0.6 is 0 Å². The average Bonchev–Trinajstić information content (AvgIpc) is 2.68. The van der Waals surface area contributed by atoms with Crippen molar-refractivity contribution in [2.24, 2.45) is 0 Å². The van der Waals surface area contributed by atoms with Crippen molar-refractivity contribution in [3.8, 4) is 11.3 Å². The first-order valence-corrected chi connectivity index (χ1v) is 7.87. The summed E-state index contributed by atoms with van der Waals surface area (Å²) in [6.45, 7) is 0. The van der Waals surface area contributed by atoms with E-state index in [9.17, 15) is 5.11 Å². The van der Waals surface area contributed by atoms with E-state index < -0.39 is 6.10 Å². The molecule has 0 saturated heterocycles. The van der Waals surface area contributed by atoms with Gasteiger partial charge < -0.3 is 5.11 Å². The fourth-order valence-electron chi connectivity index (χ4n) is 2.88. The van der Waals surface area contributed by atoms with E-state index in [-0.39, 0.29) is 0 Å². The fraction of sp³-hybridized carbons (Fsp3) is 0.0476. The third-order valence-electron chi connectivity index (χ3n) is 4.08. The molecule has 0 saturated carbocycles. The van der Waals surface area contributed by atoms with Gasteiger partial charge in [-0.25, -0.2) is 4.98 Å². The molecule has 116 valence electrons. The summed E-state index contributed by atoms with van der Waals surface area (Å²) in [5.41, 5.74) is 4.19. The summed E-state index contributed by atoms with van der Waals surface area (Å²) < 4.78 is 0. The van der Waals surface area contributed by atoms with Crippen LogP contribution in [0.5, 0.6) is 0 Å². The van der Waals surface area contributed by atoms with E-state index in [1.54, 1.807) is 6.20 Å². The topological polar surface area (TPSA) is 46.0 Å². The van der Waals surface area contributed by atoms with Crippen LogP contribution in [-0.4, -0.2) is 15.1 Å². The van der Waals surface area contributed by atoms with Gasteiger partial charge in [-0.1, -0.05) is 54.6 Å². The zero-order chi connectivity index (χ0) is 16.4. The minimum atomic E-state index is -0.790. The molecule has 3 heteroatoms. The van der Waals surface area contributed by atoms with Crippen LogP contribution in [0.3, 0.4) is 0 Å². The predicted octanol–water partition coefficient (Wildman–Crippen LogP) is 4.38. The van der Waals surface area contributed by atoms with E-state index in [1.807, 2.05) is 78.9 Å². The number of hydrogen-bond acceptors (Lipinski definition) is 3. The van der Waals surface area contributed by atoms with Gasteiger partial charge in [0, 0.05) is 17.1 Å². The molecule has 0 fully saturated rings. The Bertz CT molecular complexity index is 969. The maximum atomic E-state index is 10.9. The maximum Gasteiger partial charge on any atom is 0.122 e. The summed E-state index contributed by atoms with van der Waals surface area (Å²) in [6.07, 6.45) is 0.904. The van der Waals surface area contributed by atoms with E-state index in [0.717, 1.165) is 27.7 Å². The Kier molecular flexibility index (Phi) is 3.77. The number of nitrogens with zero attached hydrogens (tertiary/aromatic N) is 2. The number of pyridine rings is 2. The second kappa shape index (κ2) is 6.22. The molecule has 4 rings (SSSR count). The molecule has 0 amide bonds. The van der Waals surface area contributed by atoms with Crippen molar-refractivity contribution in [1.82, 2.24) is 9.97 Å². The molecule has 1 atom stereocenters. The Balaban J connectivity index is 1.93.